The van der Waals surface area contributed by atoms with Crippen molar-refractivity contribution in [3.8, 4) is 5.75 Å². The number of rotatable bonds is 8. The van der Waals surface area contributed by atoms with Crippen LogP contribution in [0.15, 0.2) is 77.7 Å². The molecule has 1 N–H and O–H groups in total. The number of halogens is 1. The minimum absolute atomic E-state index is 0.0364. The number of sulfonamides is 1. The number of esters is 1. The predicted octanol–water partition coefficient (Wildman–Crippen LogP) is 3.84. The molecule has 0 fully saturated rings. The van der Waals surface area contributed by atoms with E-state index in [4.69, 9.17) is 9.47 Å². The molecule has 34 heavy (non-hydrogen) atoms. The molecular weight excluding hydrogens is 463 g/mol. The number of anilines is 2. The lowest BCUT2D eigenvalue weighted by atomic mass is 10.2. The maximum atomic E-state index is 13.1. The van der Waals surface area contributed by atoms with Crippen LogP contribution in [0.4, 0.5) is 15.8 Å². The summed E-state index contributed by atoms with van der Waals surface area (Å²) in [6.07, 6.45) is -1.18. The zero-order valence-electron chi connectivity index (χ0n) is 18.7. The average Bonchev–Trinajstić information content (AvgIpc) is 2.85. The van der Waals surface area contributed by atoms with Gasteiger partial charge in [-0.2, -0.15) is 0 Å². The van der Waals surface area contributed by atoms with Gasteiger partial charge in [0.1, 0.15) is 11.6 Å². The summed E-state index contributed by atoms with van der Waals surface area (Å²) in [5, 5.41) is 2.51. The van der Waals surface area contributed by atoms with Crippen LogP contribution in [0.1, 0.15) is 17.3 Å². The Balaban J connectivity index is 1.72. The van der Waals surface area contributed by atoms with Crippen LogP contribution in [0.25, 0.3) is 0 Å². The van der Waals surface area contributed by atoms with Gasteiger partial charge in [0, 0.05) is 12.7 Å². The number of nitrogens with zero attached hydrogens (tertiary/aromatic N) is 1. The summed E-state index contributed by atoms with van der Waals surface area (Å²) in [7, 11) is -1.08. The molecule has 3 aromatic carbocycles. The highest BCUT2D eigenvalue weighted by Gasteiger charge is 2.24. The molecule has 0 aliphatic heterocycles. The van der Waals surface area contributed by atoms with Gasteiger partial charge in [-0.25, -0.2) is 17.6 Å². The smallest absolute Gasteiger partial charge is 0.338 e. The molecule has 1 unspecified atom stereocenters. The molecule has 1 amide bonds. The van der Waals surface area contributed by atoms with Crippen molar-refractivity contribution >= 4 is 33.3 Å². The second-order valence-corrected chi connectivity index (χ2v) is 9.21. The van der Waals surface area contributed by atoms with Gasteiger partial charge in [0.2, 0.25) is 0 Å². The van der Waals surface area contributed by atoms with Crippen molar-refractivity contribution in [3.05, 3.63) is 84.2 Å². The van der Waals surface area contributed by atoms with E-state index in [2.05, 4.69) is 5.32 Å². The van der Waals surface area contributed by atoms with Crippen LogP contribution in [0, 0.1) is 5.82 Å². The molecule has 10 heteroatoms. The fraction of sp³-hybridized carbons (Fsp3) is 0.167. The number of hydrogen-bond acceptors (Lipinski definition) is 6. The number of benzene rings is 3. The van der Waals surface area contributed by atoms with Crippen molar-refractivity contribution in [1.29, 1.82) is 0 Å². The van der Waals surface area contributed by atoms with E-state index in [0.29, 0.717) is 17.1 Å². The maximum absolute atomic E-state index is 13.1. The van der Waals surface area contributed by atoms with Gasteiger partial charge >= 0.3 is 5.97 Å². The molecule has 0 radical (unpaired) electrons. The van der Waals surface area contributed by atoms with Crippen LogP contribution in [0.5, 0.6) is 5.75 Å². The third kappa shape index (κ3) is 5.70. The number of hydrogen-bond donors (Lipinski definition) is 1. The van der Waals surface area contributed by atoms with Gasteiger partial charge in [-0.05, 0) is 73.7 Å². The first-order valence-corrected chi connectivity index (χ1v) is 11.6. The Morgan fingerprint density at radius 3 is 2.26 bits per heavy atom. The zero-order chi connectivity index (χ0) is 24.9. The SMILES string of the molecule is COc1ccc(N(C)S(=O)(=O)c2cccc(C(=O)OC(C)C(=O)Nc3ccc(F)cc3)c2)cc1. The van der Waals surface area contributed by atoms with E-state index in [1.807, 2.05) is 0 Å². The Morgan fingerprint density at radius 1 is 1.00 bits per heavy atom. The summed E-state index contributed by atoms with van der Waals surface area (Å²) < 4.78 is 50.5. The fourth-order valence-electron chi connectivity index (χ4n) is 2.93. The number of methoxy groups -OCH3 is 1. The highest BCUT2D eigenvalue weighted by atomic mass is 32.2. The monoisotopic (exact) mass is 486 g/mol. The van der Waals surface area contributed by atoms with E-state index in [9.17, 15) is 22.4 Å². The van der Waals surface area contributed by atoms with Gasteiger partial charge in [-0.15, -0.1) is 0 Å². The quantitative estimate of drug-likeness (QED) is 0.486. The van der Waals surface area contributed by atoms with Crippen molar-refractivity contribution in [2.75, 3.05) is 23.8 Å². The highest BCUT2D eigenvalue weighted by molar-refractivity contribution is 7.92. The predicted molar refractivity (Wildman–Crippen MR) is 125 cm³/mol. The largest absolute Gasteiger partial charge is 0.497 e. The second kappa shape index (κ2) is 10.3. The number of ether oxygens (including phenoxy) is 2. The standard InChI is InChI=1S/C24H23FN2O6S/c1-16(23(28)26-19-9-7-18(25)8-10-19)33-24(29)17-5-4-6-22(15-17)34(30,31)27(2)20-11-13-21(32-3)14-12-20/h4-16H,1-3H3,(H,26,28). The van der Waals surface area contributed by atoms with Gasteiger partial charge in [0.15, 0.2) is 6.10 Å². The van der Waals surface area contributed by atoms with Crippen molar-refractivity contribution < 1.29 is 31.9 Å². The van der Waals surface area contributed by atoms with Crippen LogP contribution in [-0.2, 0) is 19.6 Å². The summed E-state index contributed by atoms with van der Waals surface area (Å²) in [6, 6.07) is 16.9. The fourth-order valence-corrected chi connectivity index (χ4v) is 4.17. The molecule has 0 spiro atoms. The lowest BCUT2D eigenvalue weighted by Gasteiger charge is -2.20. The maximum Gasteiger partial charge on any atom is 0.338 e. The first-order chi connectivity index (χ1) is 16.1. The Morgan fingerprint density at radius 2 is 1.65 bits per heavy atom. The molecule has 0 aliphatic carbocycles. The first-order valence-electron chi connectivity index (χ1n) is 10.1. The van der Waals surface area contributed by atoms with Gasteiger partial charge in [0.05, 0.1) is 23.3 Å². The van der Waals surface area contributed by atoms with E-state index < -0.39 is 33.8 Å². The topological polar surface area (TPSA) is 102 Å². The van der Waals surface area contributed by atoms with Gasteiger partial charge < -0.3 is 14.8 Å². The summed E-state index contributed by atoms with van der Waals surface area (Å²) in [4.78, 5) is 24.7. The van der Waals surface area contributed by atoms with Crippen molar-refractivity contribution in [2.45, 2.75) is 17.9 Å². The Labute approximate surface area is 197 Å². The Hall–Kier alpha value is -3.92. The summed E-state index contributed by atoms with van der Waals surface area (Å²) in [6.45, 7) is 1.37. The molecule has 3 rings (SSSR count). The first kappa shape index (κ1) is 24.7. The lowest BCUT2D eigenvalue weighted by Crippen LogP contribution is -2.30. The zero-order valence-corrected chi connectivity index (χ0v) is 19.5. The Kier molecular flexibility index (Phi) is 7.52. The minimum atomic E-state index is -3.98. The Bertz CT molecular complexity index is 1280. The highest BCUT2D eigenvalue weighted by Crippen LogP contribution is 2.25. The number of amides is 1. The third-order valence-corrected chi connectivity index (χ3v) is 6.71. The third-order valence-electron chi connectivity index (χ3n) is 4.93. The molecule has 0 heterocycles. The van der Waals surface area contributed by atoms with E-state index in [1.165, 1.54) is 69.6 Å². The normalized spacial score (nSPS) is 11.9. The van der Waals surface area contributed by atoms with Gasteiger partial charge in [-0.3, -0.25) is 9.10 Å². The molecule has 0 aromatic heterocycles. The van der Waals surface area contributed by atoms with E-state index in [-0.39, 0.29) is 10.5 Å². The summed E-state index contributed by atoms with van der Waals surface area (Å²) in [5.74, 6) is -1.37. The van der Waals surface area contributed by atoms with Crippen LogP contribution in [0.2, 0.25) is 0 Å². The van der Waals surface area contributed by atoms with Crippen LogP contribution >= 0.6 is 0 Å². The molecule has 0 bridgehead atoms. The van der Waals surface area contributed by atoms with Gasteiger partial charge in [0.25, 0.3) is 15.9 Å². The molecule has 0 saturated carbocycles. The van der Waals surface area contributed by atoms with Crippen LogP contribution in [0.3, 0.4) is 0 Å². The van der Waals surface area contributed by atoms with Crippen molar-refractivity contribution in [3.63, 3.8) is 0 Å². The molecule has 1 atom stereocenters. The molecule has 0 aliphatic rings. The minimum Gasteiger partial charge on any atom is -0.497 e. The summed E-state index contributed by atoms with van der Waals surface area (Å²) in [5.41, 5.74) is 0.703. The second-order valence-electron chi connectivity index (χ2n) is 7.24. The molecular formula is C24H23FN2O6S. The molecule has 0 saturated heterocycles. The van der Waals surface area contributed by atoms with Crippen LogP contribution < -0.4 is 14.4 Å². The van der Waals surface area contributed by atoms with Crippen molar-refractivity contribution in [2.24, 2.45) is 0 Å². The number of nitrogens with one attached hydrogen (secondary N) is 1. The van der Waals surface area contributed by atoms with Crippen LogP contribution in [-0.4, -0.2) is 40.6 Å². The molecule has 3 aromatic rings. The van der Waals surface area contributed by atoms with Gasteiger partial charge in [-0.1, -0.05) is 6.07 Å². The number of carbonyl (C=O) groups is 2. The number of carbonyl (C=O) groups excluding carboxylic acids is 2. The van der Waals surface area contributed by atoms with Crippen molar-refractivity contribution in [1.82, 2.24) is 0 Å². The van der Waals surface area contributed by atoms with E-state index >= 15 is 0 Å². The average molecular weight is 487 g/mol. The van der Waals surface area contributed by atoms with E-state index in [1.54, 1.807) is 24.3 Å². The molecule has 178 valence electrons. The molecule has 8 nitrogen and oxygen atoms in total. The van der Waals surface area contributed by atoms with E-state index in [0.717, 1.165) is 4.31 Å². The summed E-state index contributed by atoms with van der Waals surface area (Å²) >= 11 is 0. The lowest BCUT2D eigenvalue weighted by molar-refractivity contribution is -0.123.